The van der Waals surface area contributed by atoms with Crippen LogP contribution in [-0.4, -0.2) is 41.3 Å². The second-order valence-electron chi connectivity index (χ2n) is 10.1. The average molecular weight is 465 g/mol. The third-order valence-electron chi connectivity index (χ3n) is 6.76. The third-order valence-corrected chi connectivity index (χ3v) is 6.76. The number of nitrogens with one attached hydrogen (secondary N) is 2. The molecule has 0 bridgehead atoms. The van der Waals surface area contributed by atoms with E-state index in [2.05, 4.69) is 34.9 Å². The predicted molar refractivity (Wildman–Crippen MR) is 128 cm³/mol. The first kappa shape index (κ1) is 23.8. The zero-order chi connectivity index (χ0) is 24.3. The van der Waals surface area contributed by atoms with Gasteiger partial charge >= 0.3 is 12.1 Å². The van der Waals surface area contributed by atoms with Crippen LogP contribution in [0.5, 0.6) is 0 Å². The lowest BCUT2D eigenvalue weighted by Gasteiger charge is -2.26. The van der Waals surface area contributed by atoms with E-state index in [-0.39, 0.29) is 43.2 Å². The number of hydrogen-bond acceptors (Lipinski definition) is 4. The van der Waals surface area contributed by atoms with Crippen LogP contribution in [0.25, 0.3) is 11.1 Å². The fourth-order valence-corrected chi connectivity index (χ4v) is 5.27. The van der Waals surface area contributed by atoms with Gasteiger partial charge in [0.2, 0.25) is 5.91 Å². The lowest BCUT2D eigenvalue weighted by Crippen LogP contribution is -2.48. The fourth-order valence-electron chi connectivity index (χ4n) is 5.27. The largest absolute Gasteiger partial charge is 0.481 e. The summed E-state index contributed by atoms with van der Waals surface area (Å²) in [6.07, 6.45) is 1.96. The molecular formula is C27H32N2O5. The van der Waals surface area contributed by atoms with Crippen molar-refractivity contribution in [2.45, 2.75) is 63.5 Å². The minimum Gasteiger partial charge on any atom is -0.481 e. The number of carbonyl (C=O) groups excluding carboxylic acids is 2. The van der Waals surface area contributed by atoms with Crippen LogP contribution in [0.2, 0.25) is 0 Å². The van der Waals surface area contributed by atoms with E-state index in [1.165, 1.54) is 11.1 Å². The molecule has 1 saturated carbocycles. The average Bonchev–Trinajstić information content (AvgIpc) is 3.32. The molecule has 0 heterocycles. The highest BCUT2D eigenvalue weighted by atomic mass is 16.5. The molecule has 7 nitrogen and oxygen atoms in total. The predicted octanol–water partition coefficient (Wildman–Crippen LogP) is 4.45. The number of alkyl carbamates (subject to hydrolysis) is 1. The lowest BCUT2D eigenvalue weighted by molar-refractivity contribution is -0.138. The Bertz CT molecular complexity index is 1030. The molecule has 0 radical (unpaired) electrons. The molecule has 0 unspecified atom stereocenters. The standard InChI is InChI=1S/C27H32N2O5/c1-27(2,15-24(30)28-18-12-11-17(13-18)14-25(31)32)29-26(33)34-16-23-21-9-5-3-7-19(21)20-8-4-6-10-22(20)23/h3-10,17-18,23H,11-16H2,1-2H3,(H,28,30)(H,29,33)(H,31,32)/t17-,18+/m0/s1. The van der Waals surface area contributed by atoms with Crippen LogP contribution in [0.3, 0.4) is 0 Å². The number of fused-ring (bicyclic) bond motifs is 3. The van der Waals surface area contributed by atoms with Crippen LogP contribution in [0, 0.1) is 5.92 Å². The summed E-state index contributed by atoms with van der Waals surface area (Å²) in [7, 11) is 0. The number of carboxylic acids is 1. The van der Waals surface area contributed by atoms with E-state index in [4.69, 9.17) is 9.84 Å². The Kier molecular flexibility index (Phi) is 6.91. The molecule has 0 aliphatic heterocycles. The maximum atomic E-state index is 12.6. The molecule has 3 N–H and O–H groups in total. The fraction of sp³-hybridized carbons (Fsp3) is 0.444. The summed E-state index contributed by atoms with van der Waals surface area (Å²) in [4.78, 5) is 36.0. The molecule has 7 heteroatoms. The molecular weight excluding hydrogens is 432 g/mol. The Labute approximate surface area is 199 Å². The van der Waals surface area contributed by atoms with Crippen molar-refractivity contribution in [3.8, 4) is 11.1 Å². The van der Waals surface area contributed by atoms with Gasteiger partial charge in [-0.05, 0) is 61.3 Å². The zero-order valence-electron chi connectivity index (χ0n) is 19.7. The molecule has 0 aromatic heterocycles. The smallest absolute Gasteiger partial charge is 0.407 e. The van der Waals surface area contributed by atoms with Crippen molar-refractivity contribution < 1.29 is 24.2 Å². The molecule has 2 aliphatic carbocycles. The lowest BCUT2D eigenvalue weighted by atomic mass is 9.98. The molecule has 2 aromatic rings. The summed E-state index contributed by atoms with van der Waals surface area (Å²) in [5.74, 6) is -0.879. The van der Waals surface area contributed by atoms with Gasteiger partial charge < -0.3 is 20.5 Å². The van der Waals surface area contributed by atoms with Crippen LogP contribution in [0.4, 0.5) is 4.79 Å². The quantitative estimate of drug-likeness (QED) is 0.535. The molecule has 2 aromatic carbocycles. The number of hydrogen-bond donors (Lipinski definition) is 3. The van der Waals surface area contributed by atoms with E-state index in [0.29, 0.717) is 6.42 Å². The number of ether oxygens (including phenoxy) is 1. The normalized spacial score (nSPS) is 19.2. The monoisotopic (exact) mass is 464 g/mol. The Balaban J connectivity index is 1.27. The molecule has 34 heavy (non-hydrogen) atoms. The summed E-state index contributed by atoms with van der Waals surface area (Å²) in [5, 5.41) is 14.8. The van der Waals surface area contributed by atoms with E-state index < -0.39 is 17.6 Å². The van der Waals surface area contributed by atoms with Crippen LogP contribution < -0.4 is 10.6 Å². The van der Waals surface area contributed by atoms with Crippen LogP contribution in [-0.2, 0) is 14.3 Å². The molecule has 1 fully saturated rings. The Hall–Kier alpha value is -3.35. The van der Waals surface area contributed by atoms with Crippen molar-refractivity contribution in [1.82, 2.24) is 10.6 Å². The SMILES string of the molecule is CC(C)(CC(=O)N[C@@H]1CC[C@H](CC(=O)O)C1)NC(=O)OCC1c2ccccc2-c2ccccc21. The van der Waals surface area contributed by atoms with Crippen molar-refractivity contribution in [3.63, 3.8) is 0 Å². The van der Waals surface area contributed by atoms with Crippen molar-refractivity contribution in [2.75, 3.05) is 6.61 Å². The topological polar surface area (TPSA) is 105 Å². The Morgan fingerprint density at radius 2 is 1.62 bits per heavy atom. The van der Waals surface area contributed by atoms with Gasteiger partial charge in [-0.1, -0.05) is 48.5 Å². The number of aliphatic carboxylic acids is 1. The molecule has 2 amide bonds. The zero-order valence-corrected chi connectivity index (χ0v) is 19.7. The number of rotatable bonds is 8. The summed E-state index contributed by atoms with van der Waals surface area (Å²) < 4.78 is 5.60. The number of benzene rings is 2. The summed E-state index contributed by atoms with van der Waals surface area (Å²) >= 11 is 0. The molecule has 0 spiro atoms. The van der Waals surface area contributed by atoms with Gasteiger partial charge in [0.25, 0.3) is 0 Å². The third kappa shape index (κ3) is 5.58. The Morgan fingerprint density at radius 1 is 1.00 bits per heavy atom. The van der Waals surface area contributed by atoms with Gasteiger partial charge in [-0.15, -0.1) is 0 Å². The van der Waals surface area contributed by atoms with Crippen molar-refractivity contribution in [3.05, 3.63) is 59.7 Å². The molecule has 180 valence electrons. The Morgan fingerprint density at radius 3 is 2.24 bits per heavy atom. The summed E-state index contributed by atoms with van der Waals surface area (Å²) in [6.45, 7) is 3.79. The van der Waals surface area contributed by atoms with Gasteiger partial charge in [-0.2, -0.15) is 0 Å². The minimum absolute atomic E-state index is 0.0119. The van der Waals surface area contributed by atoms with Crippen molar-refractivity contribution in [1.29, 1.82) is 0 Å². The van der Waals surface area contributed by atoms with E-state index in [1.807, 2.05) is 24.3 Å². The maximum absolute atomic E-state index is 12.6. The van der Waals surface area contributed by atoms with E-state index in [0.717, 1.165) is 24.0 Å². The van der Waals surface area contributed by atoms with Gasteiger partial charge in [0.15, 0.2) is 0 Å². The number of carbonyl (C=O) groups is 3. The number of carboxylic acid groups (broad SMARTS) is 1. The van der Waals surface area contributed by atoms with Gasteiger partial charge in [0.1, 0.15) is 6.61 Å². The maximum Gasteiger partial charge on any atom is 0.407 e. The van der Waals surface area contributed by atoms with Crippen molar-refractivity contribution in [2.24, 2.45) is 5.92 Å². The number of amides is 2. The molecule has 2 atom stereocenters. The first-order valence-corrected chi connectivity index (χ1v) is 11.9. The first-order valence-electron chi connectivity index (χ1n) is 11.9. The van der Waals surface area contributed by atoms with Crippen LogP contribution in [0.15, 0.2) is 48.5 Å². The van der Waals surface area contributed by atoms with Gasteiger partial charge in [0, 0.05) is 30.3 Å². The van der Waals surface area contributed by atoms with E-state index in [9.17, 15) is 14.4 Å². The second kappa shape index (κ2) is 9.87. The van der Waals surface area contributed by atoms with Gasteiger partial charge in [0.05, 0.1) is 0 Å². The molecule has 2 aliphatic rings. The summed E-state index contributed by atoms with van der Waals surface area (Å²) in [5.41, 5.74) is 3.84. The second-order valence-corrected chi connectivity index (χ2v) is 10.1. The highest BCUT2D eigenvalue weighted by Crippen LogP contribution is 2.44. The molecule has 4 rings (SSSR count). The molecule has 0 saturated heterocycles. The van der Waals surface area contributed by atoms with Gasteiger partial charge in [-0.3, -0.25) is 9.59 Å². The minimum atomic E-state index is -0.801. The van der Waals surface area contributed by atoms with Crippen LogP contribution >= 0.6 is 0 Å². The van der Waals surface area contributed by atoms with Crippen LogP contribution in [0.1, 0.15) is 63.0 Å². The van der Waals surface area contributed by atoms with E-state index >= 15 is 0 Å². The summed E-state index contributed by atoms with van der Waals surface area (Å²) in [6, 6.07) is 16.3. The highest BCUT2D eigenvalue weighted by Gasteiger charge is 2.32. The van der Waals surface area contributed by atoms with E-state index in [1.54, 1.807) is 13.8 Å². The van der Waals surface area contributed by atoms with Crippen molar-refractivity contribution >= 4 is 18.0 Å². The first-order chi connectivity index (χ1) is 16.2. The van der Waals surface area contributed by atoms with Gasteiger partial charge in [-0.25, -0.2) is 4.79 Å². The highest BCUT2D eigenvalue weighted by molar-refractivity contribution is 5.80.